The summed E-state index contributed by atoms with van der Waals surface area (Å²) in [5.74, 6) is 0.107. The molecule has 2 aliphatic heterocycles. The third kappa shape index (κ3) is 2.77. The molecule has 1 aromatic rings. The van der Waals surface area contributed by atoms with E-state index in [0.717, 1.165) is 43.8 Å². The Morgan fingerprint density at radius 3 is 2.95 bits per heavy atom. The average molecular weight is 307 g/mol. The largest absolute Gasteiger partial charge is 0.378 e. The molecule has 1 amide bonds. The molecule has 6 heteroatoms. The zero-order valence-electron chi connectivity index (χ0n) is 13.7. The van der Waals surface area contributed by atoms with Crippen molar-refractivity contribution in [3.63, 3.8) is 0 Å². The van der Waals surface area contributed by atoms with Gasteiger partial charge >= 0.3 is 0 Å². The van der Waals surface area contributed by atoms with E-state index in [9.17, 15) is 4.79 Å². The monoisotopic (exact) mass is 307 g/mol. The molecular weight excluding hydrogens is 282 g/mol. The Kier molecular flexibility index (Phi) is 4.23. The molecule has 1 aromatic heterocycles. The highest BCUT2D eigenvalue weighted by Crippen LogP contribution is 2.36. The van der Waals surface area contributed by atoms with Crippen LogP contribution in [-0.2, 0) is 20.8 Å². The van der Waals surface area contributed by atoms with Gasteiger partial charge in [-0.2, -0.15) is 5.10 Å². The Morgan fingerprint density at radius 2 is 2.36 bits per heavy atom. The van der Waals surface area contributed by atoms with Crippen LogP contribution in [0.2, 0.25) is 0 Å². The lowest BCUT2D eigenvalue weighted by Gasteiger charge is -2.44. The van der Waals surface area contributed by atoms with Crippen LogP contribution in [0, 0.1) is 13.8 Å². The first kappa shape index (κ1) is 15.5. The Morgan fingerprint density at radius 1 is 1.55 bits per heavy atom. The molecule has 0 bridgehead atoms. The van der Waals surface area contributed by atoms with Gasteiger partial charge in [-0.25, -0.2) is 0 Å². The van der Waals surface area contributed by atoms with Crippen molar-refractivity contribution in [2.45, 2.75) is 51.4 Å². The van der Waals surface area contributed by atoms with E-state index >= 15 is 0 Å². The van der Waals surface area contributed by atoms with E-state index < -0.39 is 0 Å². The number of piperidine rings is 1. The average Bonchev–Trinajstić information content (AvgIpc) is 3.06. The number of likely N-dealkylation sites (tertiary alicyclic amines) is 1. The maximum absolute atomic E-state index is 12.6. The van der Waals surface area contributed by atoms with E-state index in [1.165, 1.54) is 0 Å². The molecule has 22 heavy (non-hydrogen) atoms. The molecule has 3 heterocycles. The number of aryl methyl sites for hydroxylation is 2. The van der Waals surface area contributed by atoms with Crippen molar-refractivity contribution >= 4 is 5.91 Å². The lowest BCUT2D eigenvalue weighted by atomic mass is 9.87. The van der Waals surface area contributed by atoms with Gasteiger partial charge in [0.1, 0.15) is 12.1 Å². The minimum Gasteiger partial charge on any atom is -0.378 e. The Hall–Kier alpha value is -1.40. The Labute approximate surface area is 131 Å². The second-order valence-electron chi connectivity index (χ2n) is 6.43. The number of aromatic nitrogens is 2. The molecule has 0 unspecified atom stereocenters. The number of hydrogen-bond acceptors (Lipinski definition) is 4. The maximum atomic E-state index is 12.6. The zero-order valence-corrected chi connectivity index (χ0v) is 13.7. The molecule has 0 radical (unpaired) electrons. The van der Waals surface area contributed by atoms with Gasteiger partial charge in [0.25, 0.3) is 0 Å². The molecule has 0 saturated carbocycles. The number of nitrogens with zero attached hydrogens (tertiary/aromatic N) is 3. The predicted molar refractivity (Wildman–Crippen MR) is 81.6 cm³/mol. The van der Waals surface area contributed by atoms with Gasteiger partial charge in [0.05, 0.1) is 18.3 Å². The first-order valence-electron chi connectivity index (χ1n) is 8.00. The summed E-state index contributed by atoms with van der Waals surface area (Å²) in [4.78, 5) is 14.5. The molecule has 6 nitrogen and oxygen atoms in total. The molecule has 0 N–H and O–H groups in total. The van der Waals surface area contributed by atoms with Gasteiger partial charge in [-0.05, 0) is 39.2 Å². The highest BCUT2D eigenvalue weighted by Gasteiger charge is 2.48. The first-order valence-corrected chi connectivity index (χ1v) is 8.00. The summed E-state index contributed by atoms with van der Waals surface area (Å²) >= 11 is 0. The van der Waals surface area contributed by atoms with Crippen LogP contribution in [0.1, 0.15) is 30.7 Å². The van der Waals surface area contributed by atoms with E-state index in [-0.39, 0.29) is 17.6 Å². The van der Waals surface area contributed by atoms with E-state index in [1.807, 2.05) is 24.8 Å². The highest BCUT2D eigenvalue weighted by molar-refractivity contribution is 5.76. The Balaban J connectivity index is 1.70. The number of carbonyl (C=O) groups is 1. The van der Waals surface area contributed by atoms with Crippen LogP contribution in [-0.4, -0.2) is 59.1 Å². The number of carbonyl (C=O) groups excluding carboxylic acids is 1. The fraction of sp³-hybridized carbons (Fsp3) is 0.750. The van der Waals surface area contributed by atoms with Gasteiger partial charge in [0.2, 0.25) is 5.91 Å². The molecule has 0 aliphatic carbocycles. The van der Waals surface area contributed by atoms with Gasteiger partial charge < -0.3 is 14.4 Å². The van der Waals surface area contributed by atoms with Gasteiger partial charge in [-0.15, -0.1) is 0 Å². The van der Waals surface area contributed by atoms with Gasteiger partial charge in [0.15, 0.2) is 0 Å². The minimum absolute atomic E-state index is 0.0905. The number of hydrogen-bond donors (Lipinski definition) is 0. The lowest BCUT2D eigenvalue weighted by Crippen LogP contribution is -2.58. The van der Waals surface area contributed by atoms with E-state index in [2.05, 4.69) is 5.10 Å². The number of ether oxygens (including phenoxy) is 2. The van der Waals surface area contributed by atoms with Crippen LogP contribution in [0.4, 0.5) is 0 Å². The van der Waals surface area contributed by atoms with Crippen molar-refractivity contribution in [1.29, 1.82) is 0 Å². The summed E-state index contributed by atoms with van der Waals surface area (Å²) < 4.78 is 13.4. The SMILES string of the molecule is CO[C@H]1CCN(C(=O)Cn2nc(C)cc2C)C[C@@]12CCCO2. The zero-order chi connectivity index (χ0) is 15.7. The summed E-state index contributed by atoms with van der Waals surface area (Å²) in [6, 6.07) is 1.99. The quantitative estimate of drug-likeness (QED) is 0.844. The summed E-state index contributed by atoms with van der Waals surface area (Å²) in [6.45, 7) is 6.34. The van der Waals surface area contributed by atoms with Crippen molar-refractivity contribution < 1.29 is 14.3 Å². The number of methoxy groups -OCH3 is 1. The van der Waals surface area contributed by atoms with Crippen molar-refractivity contribution in [3.05, 3.63) is 17.5 Å². The summed E-state index contributed by atoms with van der Waals surface area (Å²) in [5, 5.41) is 4.38. The van der Waals surface area contributed by atoms with Crippen LogP contribution in [0.5, 0.6) is 0 Å². The van der Waals surface area contributed by atoms with Crippen molar-refractivity contribution in [2.75, 3.05) is 26.8 Å². The highest BCUT2D eigenvalue weighted by atomic mass is 16.6. The van der Waals surface area contributed by atoms with Gasteiger partial charge in [-0.1, -0.05) is 0 Å². The van der Waals surface area contributed by atoms with Crippen molar-refractivity contribution in [1.82, 2.24) is 14.7 Å². The minimum atomic E-state index is -0.308. The van der Waals surface area contributed by atoms with Crippen LogP contribution < -0.4 is 0 Å². The number of rotatable bonds is 3. The molecule has 2 atom stereocenters. The predicted octanol–water partition coefficient (Wildman–Crippen LogP) is 1.30. The fourth-order valence-corrected chi connectivity index (χ4v) is 3.75. The third-order valence-corrected chi connectivity index (χ3v) is 4.87. The normalized spacial score (nSPS) is 28.5. The second kappa shape index (κ2) is 6.01. The first-order chi connectivity index (χ1) is 10.5. The second-order valence-corrected chi connectivity index (χ2v) is 6.43. The smallest absolute Gasteiger partial charge is 0.244 e. The van der Waals surface area contributed by atoms with Gasteiger partial charge in [-0.3, -0.25) is 9.48 Å². The topological polar surface area (TPSA) is 56.6 Å². The van der Waals surface area contributed by atoms with Crippen LogP contribution >= 0.6 is 0 Å². The van der Waals surface area contributed by atoms with Crippen molar-refractivity contribution in [2.24, 2.45) is 0 Å². The summed E-state index contributed by atoms with van der Waals surface area (Å²) in [6.07, 6.45) is 2.93. The van der Waals surface area contributed by atoms with Crippen LogP contribution in [0.3, 0.4) is 0 Å². The molecule has 3 rings (SSSR count). The van der Waals surface area contributed by atoms with E-state index in [0.29, 0.717) is 13.1 Å². The third-order valence-electron chi connectivity index (χ3n) is 4.87. The molecule has 2 saturated heterocycles. The molecule has 2 fully saturated rings. The summed E-state index contributed by atoms with van der Waals surface area (Å²) in [5.41, 5.74) is 1.65. The van der Waals surface area contributed by atoms with Crippen molar-refractivity contribution in [3.8, 4) is 0 Å². The molecule has 122 valence electrons. The molecule has 0 aromatic carbocycles. The van der Waals surface area contributed by atoms with E-state index in [1.54, 1.807) is 11.8 Å². The molecular formula is C16H25N3O3. The van der Waals surface area contributed by atoms with E-state index in [4.69, 9.17) is 9.47 Å². The summed E-state index contributed by atoms with van der Waals surface area (Å²) in [7, 11) is 1.74. The fourth-order valence-electron chi connectivity index (χ4n) is 3.75. The van der Waals surface area contributed by atoms with Crippen LogP contribution in [0.25, 0.3) is 0 Å². The van der Waals surface area contributed by atoms with Gasteiger partial charge in [0, 0.05) is 26.0 Å². The van der Waals surface area contributed by atoms with Crippen LogP contribution in [0.15, 0.2) is 6.07 Å². The standard InChI is InChI=1S/C16H25N3O3/c1-12-9-13(2)19(17-12)10-15(20)18-7-5-14(21-3)16(11-18)6-4-8-22-16/h9,14H,4-8,10-11H2,1-3H3/t14-,16-/m0/s1. The lowest BCUT2D eigenvalue weighted by molar-refractivity contribution is -0.161. The molecule has 2 aliphatic rings. The Bertz CT molecular complexity index is 549. The maximum Gasteiger partial charge on any atom is 0.244 e. The number of amides is 1. The molecule has 1 spiro atoms.